The summed E-state index contributed by atoms with van der Waals surface area (Å²) >= 11 is 0. The molecule has 1 saturated heterocycles. The molecule has 7 atom stereocenters. The van der Waals surface area contributed by atoms with Gasteiger partial charge in [0.05, 0.1) is 41.6 Å². The zero-order chi connectivity index (χ0) is 41.7. The maximum Gasteiger partial charge on any atom is 0.306 e. The largest absolute Gasteiger partial charge is 0.497 e. The molecule has 6 aliphatic rings. The molecule has 15 nitrogen and oxygen atoms in total. The zero-order valence-corrected chi connectivity index (χ0v) is 34.9. The Morgan fingerprint density at radius 2 is 1.71 bits per heavy atom. The van der Waals surface area contributed by atoms with E-state index < -0.39 is 62.1 Å². The Morgan fingerprint density at radius 3 is 2.42 bits per heavy atom. The number of rotatable bonds is 8. The van der Waals surface area contributed by atoms with Crippen molar-refractivity contribution in [3.05, 3.63) is 41.2 Å². The minimum absolute atomic E-state index is 0.0119. The molecule has 320 valence electrons. The Labute approximate surface area is 345 Å². The summed E-state index contributed by atoms with van der Waals surface area (Å²) in [5.41, 5.74) is -1.48. The number of aromatic nitrogens is 2. The van der Waals surface area contributed by atoms with Crippen molar-refractivity contribution in [1.29, 1.82) is 0 Å². The highest BCUT2D eigenvalue weighted by atomic mass is 32.2. The smallest absolute Gasteiger partial charge is 0.306 e. The van der Waals surface area contributed by atoms with Crippen LogP contribution < -0.4 is 25.1 Å². The predicted molar refractivity (Wildman–Crippen MR) is 217 cm³/mol. The van der Waals surface area contributed by atoms with Gasteiger partial charge in [0.1, 0.15) is 29.5 Å². The zero-order valence-electron chi connectivity index (χ0n) is 34.1. The van der Waals surface area contributed by atoms with Gasteiger partial charge in [0.25, 0.3) is 17.5 Å². The molecule has 0 spiro atoms. The lowest BCUT2D eigenvalue weighted by Gasteiger charge is -2.32. The molecule has 0 unspecified atom stereocenters. The Balaban J connectivity index is 1.14. The maximum absolute atomic E-state index is 15.0. The van der Waals surface area contributed by atoms with Crippen molar-refractivity contribution < 1.29 is 41.8 Å². The number of esters is 1. The van der Waals surface area contributed by atoms with Crippen LogP contribution in [0.1, 0.15) is 110 Å². The van der Waals surface area contributed by atoms with Crippen molar-refractivity contribution in [1.82, 2.24) is 24.5 Å². The molecule has 0 radical (unpaired) electrons. The van der Waals surface area contributed by atoms with Gasteiger partial charge in [-0.2, -0.15) is 4.98 Å². The van der Waals surface area contributed by atoms with Gasteiger partial charge in [-0.15, -0.1) is 6.58 Å². The van der Waals surface area contributed by atoms with Crippen LogP contribution in [0.5, 0.6) is 11.8 Å². The molecule has 1 aromatic carbocycles. The van der Waals surface area contributed by atoms with Gasteiger partial charge < -0.3 is 24.4 Å². The standard InChI is InChI=1S/C43H57N5O10S/c1-4-28-24-43(28,40(53)46-59(54,55)42(2)18-19-42)45-37(50)34-22-30-25-48(34)39(52)32(26-11-7-8-12-26)23-36(49)58-35-15-10-14-27(35)13-6-5-9-20-47-38(51)31-17-16-29(56-3)21-33(31)44-41(47)57-30/h4,16-17,21,26-28,30,32,34-35H,1,5-15,18-20,22-25H2,2-3H3,(H,45,50)(H,46,53)/t27-,28-,30-,32+,34+,35-,43-/m1/s1. The van der Waals surface area contributed by atoms with Gasteiger partial charge in [0, 0.05) is 24.9 Å². The van der Waals surface area contributed by atoms with Crippen molar-refractivity contribution in [3.63, 3.8) is 0 Å². The number of nitrogens with zero attached hydrogens (tertiary/aromatic N) is 3. The molecule has 4 aliphatic carbocycles. The number of nitrogens with one attached hydrogen (secondary N) is 2. The average molecular weight is 836 g/mol. The third-order valence-electron chi connectivity index (χ3n) is 14.1. The Bertz CT molecular complexity index is 2180. The molecule has 2 bridgehead atoms. The number of carbonyl (C=O) groups is 4. The Morgan fingerprint density at radius 1 is 0.983 bits per heavy atom. The van der Waals surface area contributed by atoms with E-state index in [9.17, 15) is 32.4 Å². The summed E-state index contributed by atoms with van der Waals surface area (Å²) in [6.07, 6.45) is 10.7. The van der Waals surface area contributed by atoms with E-state index in [-0.39, 0.29) is 61.2 Å². The number of benzene rings is 1. The highest BCUT2D eigenvalue weighted by Gasteiger charge is 2.63. The normalized spacial score (nSPS) is 31.2. The third kappa shape index (κ3) is 8.09. The molecular formula is C43H57N5O10S. The molecule has 2 aliphatic heterocycles. The lowest BCUT2D eigenvalue weighted by molar-refractivity contribution is -0.156. The van der Waals surface area contributed by atoms with E-state index in [1.165, 1.54) is 22.7 Å². The van der Waals surface area contributed by atoms with Gasteiger partial charge in [0.2, 0.25) is 21.8 Å². The first kappa shape index (κ1) is 41.3. The van der Waals surface area contributed by atoms with E-state index in [1.54, 1.807) is 25.1 Å². The van der Waals surface area contributed by atoms with E-state index >= 15 is 0 Å². The lowest BCUT2D eigenvalue weighted by atomic mass is 9.86. The molecule has 16 heteroatoms. The van der Waals surface area contributed by atoms with Crippen LogP contribution in [0.3, 0.4) is 0 Å². The van der Waals surface area contributed by atoms with Crippen LogP contribution in [-0.2, 0) is 40.5 Å². The third-order valence-corrected chi connectivity index (χ3v) is 16.3. The van der Waals surface area contributed by atoms with Gasteiger partial charge in [-0.25, -0.2) is 8.42 Å². The Kier molecular flexibility index (Phi) is 11.3. The van der Waals surface area contributed by atoms with E-state index in [0.29, 0.717) is 42.5 Å². The summed E-state index contributed by atoms with van der Waals surface area (Å²) in [4.78, 5) is 77.4. The molecule has 59 heavy (non-hydrogen) atoms. The highest BCUT2D eigenvalue weighted by Crippen LogP contribution is 2.47. The number of methoxy groups -OCH3 is 1. The Hall–Kier alpha value is -4.47. The first-order valence-corrected chi connectivity index (χ1v) is 23.0. The van der Waals surface area contributed by atoms with Crippen LogP contribution in [0.4, 0.5) is 0 Å². The minimum Gasteiger partial charge on any atom is -0.497 e. The lowest BCUT2D eigenvalue weighted by Crippen LogP contribution is -2.57. The fraction of sp³-hybridized carbons (Fsp3) is 0.674. The van der Waals surface area contributed by atoms with Gasteiger partial charge >= 0.3 is 5.97 Å². The topological polar surface area (TPSA) is 192 Å². The summed E-state index contributed by atoms with van der Waals surface area (Å²) in [6, 6.07) is 3.96. The number of carbonyl (C=O) groups excluding carboxylic acids is 4. The number of fused-ring (bicyclic) bond motifs is 5. The van der Waals surface area contributed by atoms with Crippen molar-refractivity contribution in [3.8, 4) is 11.8 Å². The number of hydrogen-bond acceptors (Lipinski definition) is 11. The molecule has 3 heterocycles. The summed E-state index contributed by atoms with van der Waals surface area (Å²) in [7, 11) is -2.49. The van der Waals surface area contributed by atoms with E-state index in [0.717, 1.165) is 64.2 Å². The summed E-state index contributed by atoms with van der Waals surface area (Å²) in [6.45, 7) is 5.67. The molecule has 1 aromatic heterocycles. The number of hydrogen-bond donors (Lipinski definition) is 2. The molecule has 4 saturated carbocycles. The SMILES string of the molecule is C=C[C@@H]1C[C@]1(NC(=O)[C@@H]1C[C@@H]2CN1C(=O)[C@H](C1CCCC1)CC(=O)O[C@@H]1CCC[C@H]1CCCCCn1c(nc3cc(OC)ccc3c1=O)O2)C(=O)NS(=O)(=O)C1(C)CC1. The first-order valence-electron chi connectivity index (χ1n) is 21.5. The van der Waals surface area contributed by atoms with Crippen molar-refractivity contribution >= 4 is 44.6 Å². The molecular weight excluding hydrogens is 779 g/mol. The summed E-state index contributed by atoms with van der Waals surface area (Å²) < 4.78 is 47.1. The van der Waals surface area contributed by atoms with Gasteiger partial charge in [-0.3, -0.25) is 33.3 Å². The summed E-state index contributed by atoms with van der Waals surface area (Å²) in [5, 5.41) is 3.26. The monoisotopic (exact) mass is 835 g/mol. The van der Waals surface area contributed by atoms with Gasteiger partial charge in [-0.1, -0.05) is 31.8 Å². The fourth-order valence-electron chi connectivity index (χ4n) is 10.0. The number of amides is 3. The van der Waals surface area contributed by atoms with Crippen LogP contribution in [0, 0.1) is 23.7 Å². The van der Waals surface area contributed by atoms with Crippen molar-refractivity contribution in [2.24, 2.45) is 23.7 Å². The number of ether oxygens (including phenoxy) is 3. The van der Waals surface area contributed by atoms with Crippen LogP contribution in [0.2, 0.25) is 0 Å². The quantitative estimate of drug-likeness (QED) is 0.285. The molecule has 5 fully saturated rings. The molecule has 3 amide bonds. The van der Waals surface area contributed by atoms with Crippen molar-refractivity contribution in [2.45, 2.75) is 145 Å². The van der Waals surface area contributed by atoms with Gasteiger partial charge in [-0.05, 0) is 95.1 Å². The minimum atomic E-state index is -4.01. The van der Waals surface area contributed by atoms with E-state index in [2.05, 4.69) is 16.6 Å². The van der Waals surface area contributed by atoms with Crippen LogP contribution in [-0.4, -0.2) is 88.7 Å². The second-order valence-corrected chi connectivity index (χ2v) is 20.2. The van der Waals surface area contributed by atoms with E-state index in [1.807, 2.05) is 0 Å². The highest BCUT2D eigenvalue weighted by molar-refractivity contribution is 7.91. The van der Waals surface area contributed by atoms with Crippen LogP contribution in [0.25, 0.3) is 10.9 Å². The number of sulfonamides is 1. The first-order chi connectivity index (χ1) is 28.3. The average Bonchev–Trinajstić information content (AvgIpc) is 3.83. The van der Waals surface area contributed by atoms with Crippen molar-refractivity contribution in [2.75, 3.05) is 13.7 Å². The van der Waals surface area contributed by atoms with Gasteiger partial charge in [0.15, 0.2) is 0 Å². The molecule has 2 N–H and O–H groups in total. The fourth-order valence-corrected chi connectivity index (χ4v) is 11.3. The molecule has 2 aromatic rings. The van der Waals surface area contributed by atoms with Crippen LogP contribution >= 0.6 is 0 Å². The van der Waals surface area contributed by atoms with Crippen LogP contribution in [0.15, 0.2) is 35.6 Å². The second-order valence-electron chi connectivity index (χ2n) is 18.0. The van der Waals surface area contributed by atoms with E-state index in [4.69, 9.17) is 19.2 Å². The summed E-state index contributed by atoms with van der Waals surface area (Å²) in [5.74, 6) is -2.93. The maximum atomic E-state index is 15.0. The second kappa shape index (κ2) is 16.2. The molecule has 8 rings (SSSR count). The predicted octanol–water partition coefficient (Wildman–Crippen LogP) is 4.30.